The third-order valence-electron chi connectivity index (χ3n) is 10.8. The topological polar surface area (TPSA) is 97.2 Å². The van der Waals surface area contributed by atoms with Gasteiger partial charge in [0, 0.05) is 29.6 Å². The van der Waals surface area contributed by atoms with Gasteiger partial charge in [-0.1, -0.05) is 44.4 Å². The zero-order chi connectivity index (χ0) is 33.3. The number of nitrogens with one attached hydrogen (secondary N) is 1. The summed E-state index contributed by atoms with van der Waals surface area (Å²) in [6, 6.07) is 5.56. The van der Waals surface area contributed by atoms with Crippen molar-refractivity contribution in [2.75, 3.05) is 29.9 Å². The van der Waals surface area contributed by atoms with E-state index >= 15 is 13.2 Å². The minimum absolute atomic E-state index is 0.0276. The Bertz CT molecular complexity index is 1740. The molecule has 0 radical (unpaired) electrons. The fraction of sp³-hybridized carbons (Fsp3) is 0.629. The lowest BCUT2D eigenvalue weighted by atomic mass is 9.84. The molecule has 6 heterocycles. The molecule has 1 N–H and O–H groups in total. The molecular weight excluding hydrogens is 627 g/mol. The number of anilines is 1. The number of aromatic nitrogens is 3. The van der Waals surface area contributed by atoms with Gasteiger partial charge in [-0.05, 0) is 76.9 Å². The summed E-state index contributed by atoms with van der Waals surface area (Å²) in [6.45, 7) is 5.46. The second-order valence-electron chi connectivity index (χ2n) is 13.7. The minimum Gasteiger partial charge on any atom is -0.363 e. The van der Waals surface area contributed by atoms with E-state index in [-0.39, 0.29) is 28.5 Å². The molecule has 2 aromatic heterocycles. The Balaban J connectivity index is 1.41. The highest BCUT2D eigenvalue weighted by Crippen LogP contribution is 2.44. The Kier molecular flexibility index (Phi) is 9.99. The third kappa shape index (κ3) is 6.95. The summed E-state index contributed by atoms with van der Waals surface area (Å²) in [5.74, 6) is -4.98. The highest BCUT2D eigenvalue weighted by atomic mass is 32.2. The van der Waals surface area contributed by atoms with E-state index in [1.165, 1.54) is 24.5 Å². The normalized spacial score (nSPS) is 27.3. The third-order valence-corrected chi connectivity index (χ3v) is 12.5. The van der Waals surface area contributed by atoms with E-state index in [0.29, 0.717) is 73.8 Å². The molecule has 2 atom stereocenters. The number of aryl methyl sites for hydroxylation is 1. The fourth-order valence-electron chi connectivity index (χ4n) is 7.94. The molecule has 2 fully saturated rings. The Morgan fingerprint density at radius 2 is 1.68 bits per heavy atom. The number of rotatable bonds is 2. The maximum absolute atomic E-state index is 16.1. The number of piperidine rings is 1. The standard InChI is InChI=1S/C35H46F3N5O3S/c1-3-26-9-6-4-5-7-16-43-33-29(21-28(34(43)44)24-14-19-47(45,46)20-15-24)32(39-22-40-33)41-23(2)27-10-8-11-30(31(27)36)35(37,38)25-12-17-42(26)18-13-25/h8,10-11,21-26H,3-7,9,12-20H2,1-2H3,(H,39,40,41)/t23-,26?/m1/s1. The molecule has 2 saturated heterocycles. The van der Waals surface area contributed by atoms with Crippen molar-refractivity contribution in [3.8, 4) is 0 Å². The van der Waals surface area contributed by atoms with Crippen LogP contribution in [0.5, 0.6) is 0 Å². The van der Waals surface area contributed by atoms with Gasteiger partial charge in [0.2, 0.25) is 0 Å². The first kappa shape index (κ1) is 33.9. The smallest absolute Gasteiger partial charge is 0.278 e. The molecule has 4 aliphatic heterocycles. The van der Waals surface area contributed by atoms with Crippen molar-refractivity contribution < 1.29 is 21.6 Å². The molecule has 8 nitrogen and oxygen atoms in total. The molecule has 0 spiro atoms. The quantitative estimate of drug-likeness (QED) is 0.315. The maximum atomic E-state index is 16.1. The molecule has 0 saturated carbocycles. The van der Waals surface area contributed by atoms with Crippen LogP contribution in [0, 0.1) is 11.7 Å². The van der Waals surface area contributed by atoms with Crippen LogP contribution < -0.4 is 10.9 Å². The molecule has 1 unspecified atom stereocenters. The van der Waals surface area contributed by atoms with Gasteiger partial charge in [0.05, 0.1) is 28.5 Å². The molecule has 0 amide bonds. The number of pyridine rings is 1. The molecule has 3 aromatic rings. The SMILES string of the molecule is CCC1CCCCCCn2c(=O)c(C3CCS(=O)(=O)CC3)cc3c(ncnc32)N[C@H](C)c2cccc(c2F)C(F)(F)C2CCN1CC2. The summed E-state index contributed by atoms with van der Waals surface area (Å²) < 4.78 is 74.2. The van der Waals surface area contributed by atoms with Gasteiger partial charge in [0.25, 0.3) is 11.5 Å². The van der Waals surface area contributed by atoms with Gasteiger partial charge in [0.15, 0.2) is 0 Å². The van der Waals surface area contributed by atoms with Crippen molar-refractivity contribution in [2.24, 2.45) is 5.92 Å². The lowest BCUT2D eigenvalue weighted by Crippen LogP contribution is -2.44. The van der Waals surface area contributed by atoms with Gasteiger partial charge < -0.3 is 10.2 Å². The zero-order valence-electron chi connectivity index (χ0n) is 27.4. The van der Waals surface area contributed by atoms with Gasteiger partial charge in [-0.2, -0.15) is 0 Å². The van der Waals surface area contributed by atoms with Crippen molar-refractivity contribution in [1.29, 1.82) is 0 Å². The number of hydrogen-bond donors (Lipinski definition) is 1. The zero-order valence-corrected chi connectivity index (χ0v) is 28.2. The van der Waals surface area contributed by atoms with E-state index in [1.807, 2.05) is 0 Å². The van der Waals surface area contributed by atoms with Crippen molar-refractivity contribution in [1.82, 2.24) is 19.4 Å². The Morgan fingerprint density at radius 3 is 2.40 bits per heavy atom. The summed E-state index contributed by atoms with van der Waals surface area (Å²) in [5.41, 5.74) is 0.326. The monoisotopic (exact) mass is 673 g/mol. The van der Waals surface area contributed by atoms with Gasteiger partial charge in [0.1, 0.15) is 33.4 Å². The first-order valence-electron chi connectivity index (χ1n) is 17.3. The van der Waals surface area contributed by atoms with E-state index in [0.717, 1.165) is 38.5 Å². The van der Waals surface area contributed by atoms with Crippen LogP contribution in [0.15, 0.2) is 35.4 Å². The van der Waals surface area contributed by atoms with E-state index in [4.69, 9.17) is 0 Å². The molecule has 12 heteroatoms. The Hall–Kier alpha value is -2.99. The number of benzene rings is 1. The fourth-order valence-corrected chi connectivity index (χ4v) is 9.43. The van der Waals surface area contributed by atoms with Crippen LogP contribution in [-0.4, -0.2) is 58.5 Å². The summed E-state index contributed by atoms with van der Waals surface area (Å²) in [4.78, 5) is 25.3. The average Bonchev–Trinajstić information content (AvgIpc) is 3.05. The van der Waals surface area contributed by atoms with Crippen molar-refractivity contribution in [3.05, 3.63) is 63.5 Å². The highest BCUT2D eigenvalue weighted by molar-refractivity contribution is 7.91. The van der Waals surface area contributed by atoms with Crippen LogP contribution in [-0.2, 0) is 22.3 Å². The molecule has 0 aliphatic carbocycles. The first-order valence-corrected chi connectivity index (χ1v) is 19.1. The van der Waals surface area contributed by atoms with Gasteiger partial charge >= 0.3 is 0 Å². The maximum Gasteiger partial charge on any atom is 0.278 e. The predicted octanol–water partition coefficient (Wildman–Crippen LogP) is 6.94. The second-order valence-corrected chi connectivity index (χ2v) is 16.0. The minimum atomic E-state index is -3.31. The summed E-state index contributed by atoms with van der Waals surface area (Å²) in [5, 5.41) is 3.80. The number of nitrogens with zero attached hydrogens (tertiary/aromatic N) is 4. The summed E-state index contributed by atoms with van der Waals surface area (Å²) in [7, 11) is -3.13. The lowest BCUT2D eigenvalue weighted by Gasteiger charge is -2.40. The second kappa shape index (κ2) is 13.9. The molecule has 4 aliphatic rings. The van der Waals surface area contributed by atoms with Crippen LogP contribution in [0.1, 0.15) is 107 Å². The molecule has 8 bridgehead atoms. The van der Waals surface area contributed by atoms with Gasteiger partial charge in [-0.25, -0.2) is 31.6 Å². The van der Waals surface area contributed by atoms with Crippen LogP contribution in [0.4, 0.5) is 19.0 Å². The van der Waals surface area contributed by atoms with E-state index < -0.39 is 39.1 Å². The molecular formula is C35H46F3N5O3S. The molecule has 47 heavy (non-hydrogen) atoms. The predicted molar refractivity (Wildman–Crippen MR) is 178 cm³/mol. The van der Waals surface area contributed by atoms with E-state index in [1.54, 1.807) is 17.6 Å². The first-order chi connectivity index (χ1) is 22.5. The van der Waals surface area contributed by atoms with Crippen LogP contribution >= 0.6 is 0 Å². The van der Waals surface area contributed by atoms with Gasteiger partial charge in [-0.3, -0.25) is 9.36 Å². The summed E-state index contributed by atoms with van der Waals surface area (Å²) in [6.07, 6.45) is 8.34. The number of alkyl halides is 2. The number of halogens is 3. The van der Waals surface area contributed by atoms with Crippen molar-refractivity contribution >= 4 is 26.7 Å². The Morgan fingerprint density at radius 1 is 0.957 bits per heavy atom. The van der Waals surface area contributed by atoms with Gasteiger partial charge in [-0.15, -0.1) is 0 Å². The van der Waals surface area contributed by atoms with Crippen LogP contribution in [0.2, 0.25) is 0 Å². The molecule has 1 aromatic carbocycles. The largest absolute Gasteiger partial charge is 0.363 e. The number of sulfone groups is 1. The molecule has 7 rings (SSSR count). The van der Waals surface area contributed by atoms with Crippen LogP contribution in [0.25, 0.3) is 11.0 Å². The molecule has 256 valence electrons. The number of fused-ring (bicyclic) bond motifs is 9. The van der Waals surface area contributed by atoms with Crippen molar-refractivity contribution in [3.63, 3.8) is 0 Å². The Labute approximate surface area is 275 Å². The highest BCUT2D eigenvalue weighted by Gasteiger charge is 2.45. The van der Waals surface area contributed by atoms with E-state index in [2.05, 4.69) is 27.1 Å². The number of hydrogen-bond acceptors (Lipinski definition) is 7. The van der Waals surface area contributed by atoms with Crippen molar-refractivity contribution in [2.45, 2.75) is 109 Å². The van der Waals surface area contributed by atoms with E-state index in [9.17, 15) is 13.2 Å². The average molecular weight is 674 g/mol. The lowest BCUT2D eigenvalue weighted by molar-refractivity contribution is -0.0913. The summed E-state index contributed by atoms with van der Waals surface area (Å²) >= 11 is 0. The van der Waals surface area contributed by atoms with Crippen LogP contribution in [0.3, 0.4) is 0 Å².